The summed E-state index contributed by atoms with van der Waals surface area (Å²) in [4.78, 5) is 0. The lowest BCUT2D eigenvalue weighted by Gasteiger charge is -2.12. The van der Waals surface area contributed by atoms with Crippen LogP contribution in [0.4, 0.5) is 0 Å². The molecule has 3 nitrogen and oxygen atoms in total. The van der Waals surface area contributed by atoms with Crippen LogP contribution in [0.15, 0.2) is 96.1 Å². The molecule has 3 rings (SSSR count). The third kappa shape index (κ3) is 11.8. The summed E-state index contributed by atoms with van der Waals surface area (Å²) in [5.41, 5.74) is 17.2. The summed E-state index contributed by atoms with van der Waals surface area (Å²) in [7, 11) is 0. The van der Waals surface area contributed by atoms with Gasteiger partial charge in [0.2, 0.25) is 0 Å². The SMILES string of the molecule is C=C(C)C1=CC(CN)=CCC1.C=N.Cc1ccccc1.NCc1ccccc1. The number of nitrogens with two attached hydrogens (primary N) is 2. The molecule has 5 N–H and O–H groups in total. The summed E-state index contributed by atoms with van der Waals surface area (Å²) in [6, 6.07) is 20.3. The smallest absolute Gasteiger partial charge is 0.0178 e. The Kier molecular flexibility index (Phi) is 14.8. The van der Waals surface area contributed by atoms with E-state index in [4.69, 9.17) is 16.9 Å². The number of hydrogen-bond acceptors (Lipinski definition) is 3. The molecule has 0 spiro atoms. The lowest BCUT2D eigenvalue weighted by Crippen LogP contribution is -2.04. The van der Waals surface area contributed by atoms with Gasteiger partial charge < -0.3 is 16.9 Å². The van der Waals surface area contributed by atoms with E-state index in [1.54, 1.807) is 0 Å². The highest BCUT2D eigenvalue weighted by atomic mass is 14.5. The zero-order valence-corrected chi connectivity index (χ0v) is 17.3. The Morgan fingerprint density at radius 2 is 1.46 bits per heavy atom. The van der Waals surface area contributed by atoms with Crippen LogP contribution in [0.5, 0.6) is 0 Å². The Balaban J connectivity index is 0.000000383. The number of rotatable bonds is 3. The molecule has 0 amide bonds. The van der Waals surface area contributed by atoms with Gasteiger partial charge in [0.15, 0.2) is 0 Å². The second kappa shape index (κ2) is 16.4. The standard InChI is InChI=1S/C10H15N.C7H9N.C7H8.CH3N/c1-8(2)10-5-3-4-9(6-10)7-11;8-6-7-4-2-1-3-5-7;1-7-5-3-2-4-6-7;1-2/h4,6H,1,3,5,7,11H2,2H3;1-5H,6,8H2;2-6H,1H3;2H,1H2. The van der Waals surface area contributed by atoms with Gasteiger partial charge in [0.25, 0.3) is 0 Å². The molecule has 0 aliphatic heterocycles. The molecule has 28 heavy (non-hydrogen) atoms. The minimum absolute atomic E-state index is 0.640. The third-order valence-electron chi connectivity index (χ3n) is 3.98. The molecule has 2 aromatic carbocycles. The number of allylic oxidation sites excluding steroid dienone is 3. The zero-order chi connectivity index (χ0) is 21.2. The van der Waals surface area contributed by atoms with E-state index in [2.05, 4.69) is 44.5 Å². The highest BCUT2D eigenvalue weighted by molar-refractivity contribution is 5.38. The highest BCUT2D eigenvalue weighted by Crippen LogP contribution is 2.21. The van der Waals surface area contributed by atoms with Gasteiger partial charge >= 0.3 is 0 Å². The van der Waals surface area contributed by atoms with Gasteiger partial charge in [-0.05, 0) is 50.1 Å². The van der Waals surface area contributed by atoms with Crippen molar-refractivity contribution in [3.63, 3.8) is 0 Å². The molecule has 0 unspecified atom stereocenters. The molecule has 1 aliphatic rings. The Hall–Kier alpha value is -2.75. The van der Waals surface area contributed by atoms with Crippen molar-refractivity contribution in [2.45, 2.75) is 33.2 Å². The maximum Gasteiger partial charge on any atom is 0.0178 e. The van der Waals surface area contributed by atoms with Crippen molar-refractivity contribution in [3.05, 3.63) is 107 Å². The van der Waals surface area contributed by atoms with Gasteiger partial charge in [-0.15, -0.1) is 0 Å². The van der Waals surface area contributed by atoms with Crippen molar-refractivity contribution in [3.8, 4) is 0 Å². The first kappa shape index (κ1) is 25.2. The predicted molar refractivity (Wildman–Crippen MR) is 125 cm³/mol. The molecular weight excluding hydrogens is 342 g/mol. The minimum atomic E-state index is 0.640. The summed E-state index contributed by atoms with van der Waals surface area (Å²) < 4.78 is 0. The van der Waals surface area contributed by atoms with E-state index in [0.29, 0.717) is 13.1 Å². The maximum absolute atomic E-state index is 5.52. The molecule has 0 saturated heterocycles. The number of benzene rings is 2. The van der Waals surface area contributed by atoms with Crippen molar-refractivity contribution >= 4 is 6.72 Å². The second-order valence-corrected chi connectivity index (χ2v) is 6.32. The van der Waals surface area contributed by atoms with Crippen LogP contribution in [-0.2, 0) is 6.54 Å². The fraction of sp³-hybridized carbons (Fsp3) is 0.240. The van der Waals surface area contributed by atoms with Crippen LogP contribution in [0.25, 0.3) is 0 Å². The molecular formula is C25H35N3. The summed E-state index contributed by atoms with van der Waals surface area (Å²) in [6.45, 7) is 11.8. The molecule has 0 aromatic heterocycles. The van der Waals surface area contributed by atoms with Crippen molar-refractivity contribution in [1.82, 2.24) is 0 Å². The van der Waals surface area contributed by atoms with Gasteiger partial charge in [0.1, 0.15) is 0 Å². The zero-order valence-electron chi connectivity index (χ0n) is 17.3. The molecule has 0 radical (unpaired) electrons. The quantitative estimate of drug-likeness (QED) is 0.611. The lowest BCUT2D eigenvalue weighted by atomic mass is 9.95. The molecule has 0 bridgehead atoms. The number of nitrogens with one attached hydrogen (secondary N) is 1. The van der Waals surface area contributed by atoms with Crippen LogP contribution in [0.2, 0.25) is 0 Å². The van der Waals surface area contributed by atoms with Crippen LogP contribution in [0, 0.1) is 12.3 Å². The molecule has 0 fully saturated rings. The van der Waals surface area contributed by atoms with E-state index in [0.717, 1.165) is 12.8 Å². The van der Waals surface area contributed by atoms with Gasteiger partial charge in [-0.3, -0.25) is 0 Å². The molecule has 0 atom stereocenters. The number of hydrogen-bond donors (Lipinski definition) is 3. The van der Waals surface area contributed by atoms with Gasteiger partial charge in [-0.25, -0.2) is 0 Å². The summed E-state index contributed by atoms with van der Waals surface area (Å²) >= 11 is 0. The van der Waals surface area contributed by atoms with E-state index >= 15 is 0 Å². The fourth-order valence-corrected chi connectivity index (χ4v) is 2.40. The van der Waals surface area contributed by atoms with Crippen molar-refractivity contribution in [2.75, 3.05) is 6.54 Å². The van der Waals surface area contributed by atoms with Gasteiger partial charge in [-0.1, -0.05) is 90.5 Å². The third-order valence-corrected chi connectivity index (χ3v) is 3.98. The van der Waals surface area contributed by atoms with E-state index < -0.39 is 0 Å². The van der Waals surface area contributed by atoms with Crippen LogP contribution in [0.1, 0.15) is 30.9 Å². The second-order valence-electron chi connectivity index (χ2n) is 6.32. The highest BCUT2D eigenvalue weighted by Gasteiger charge is 2.03. The first-order valence-electron chi connectivity index (χ1n) is 9.43. The molecule has 2 aromatic rings. The molecule has 150 valence electrons. The van der Waals surface area contributed by atoms with Gasteiger partial charge in [-0.2, -0.15) is 0 Å². The molecule has 1 aliphatic carbocycles. The van der Waals surface area contributed by atoms with E-state index in [1.165, 1.54) is 27.8 Å². The largest absolute Gasteiger partial charge is 0.327 e. The Labute approximate surface area is 171 Å². The van der Waals surface area contributed by atoms with Crippen LogP contribution < -0.4 is 11.5 Å². The first-order valence-corrected chi connectivity index (χ1v) is 9.43. The van der Waals surface area contributed by atoms with Crippen LogP contribution >= 0.6 is 0 Å². The number of aryl methyl sites for hydroxylation is 1. The summed E-state index contributed by atoms with van der Waals surface area (Å²) in [5, 5.41) is 5.50. The maximum atomic E-state index is 5.52. The molecule has 0 heterocycles. The van der Waals surface area contributed by atoms with Crippen molar-refractivity contribution in [2.24, 2.45) is 11.5 Å². The topological polar surface area (TPSA) is 75.9 Å². The normalized spacial score (nSPS) is 11.7. The average Bonchev–Trinajstić information content (AvgIpc) is 2.77. The summed E-state index contributed by atoms with van der Waals surface area (Å²) in [5.74, 6) is 0. The van der Waals surface area contributed by atoms with Crippen LogP contribution in [-0.4, -0.2) is 13.3 Å². The lowest BCUT2D eigenvalue weighted by molar-refractivity contribution is 0.940. The Morgan fingerprint density at radius 1 is 0.929 bits per heavy atom. The van der Waals surface area contributed by atoms with E-state index in [-0.39, 0.29) is 0 Å². The average molecular weight is 378 g/mol. The predicted octanol–water partition coefficient (Wildman–Crippen LogP) is 5.57. The summed E-state index contributed by atoms with van der Waals surface area (Å²) in [6.07, 6.45) is 6.60. The minimum Gasteiger partial charge on any atom is -0.327 e. The van der Waals surface area contributed by atoms with E-state index in [1.807, 2.05) is 55.5 Å². The van der Waals surface area contributed by atoms with Gasteiger partial charge in [0.05, 0.1) is 0 Å². The molecule has 0 saturated carbocycles. The first-order chi connectivity index (χ1) is 13.6. The van der Waals surface area contributed by atoms with Gasteiger partial charge in [0, 0.05) is 13.1 Å². The monoisotopic (exact) mass is 377 g/mol. The van der Waals surface area contributed by atoms with Crippen molar-refractivity contribution < 1.29 is 0 Å². The van der Waals surface area contributed by atoms with Crippen LogP contribution in [0.3, 0.4) is 0 Å². The fourth-order valence-electron chi connectivity index (χ4n) is 2.40. The van der Waals surface area contributed by atoms with Crippen molar-refractivity contribution in [1.29, 1.82) is 5.41 Å². The van der Waals surface area contributed by atoms with E-state index in [9.17, 15) is 0 Å². The molecule has 3 heteroatoms. The Morgan fingerprint density at radius 3 is 1.82 bits per heavy atom. The Bertz CT molecular complexity index is 716.